The molecule has 1 aliphatic rings. The molecular weight excluding hydrogens is 236 g/mol. The van der Waals surface area contributed by atoms with Gasteiger partial charge in [-0.3, -0.25) is 4.90 Å². The zero-order valence-corrected chi connectivity index (χ0v) is 12.3. The van der Waals surface area contributed by atoms with Gasteiger partial charge in [0.25, 0.3) is 0 Å². The van der Waals surface area contributed by atoms with Crippen LogP contribution in [-0.4, -0.2) is 37.7 Å². The van der Waals surface area contributed by atoms with Gasteiger partial charge in [-0.1, -0.05) is 38.1 Å². The third kappa shape index (κ3) is 3.78. The molecule has 2 N–H and O–H groups in total. The van der Waals surface area contributed by atoms with Crippen molar-refractivity contribution in [2.45, 2.75) is 38.3 Å². The Kier molecular flexibility index (Phi) is 4.97. The first-order chi connectivity index (χ1) is 9.10. The molecule has 106 valence electrons. The standard InChI is InChI=1S/C16H26N2O/c1-12(2)13-4-6-14(7-5-13)16(17)11-18-9-8-15(10-18)19-3/h4-7,12,15-16H,8-11,17H2,1-3H3. The quantitative estimate of drug-likeness (QED) is 0.886. The molecule has 0 bridgehead atoms. The molecular formula is C16H26N2O. The summed E-state index contributed by atoms with van der Waals surface area (Å²) in [5, 5.41) is 0. The first-order valence-corrected chi connectivity index (χ1v) is 7.20. The van der Waals surface area contributed by atoms with Gasteiger partial charge in [0.2, 0.25) is 0 Å². The molecule has 3 heteroatoms. The van der Waals surface area contributed by atoms with Crippen molar-refractivity contribution < 1.29 is 4.74 Å². The molecule has 0 saturated carbocycles. The van der Waals surface area contributed by atoms with E-state index in [4.69, 9.17) is 10.5 Å². The van der Waals surface area contributed by atoms with Crippen molar-refractivity contribution in [2.24, 2.45) is 5.73 Å². The third-order valence-electron chi connectivity index (χ3n) is 4.05. The van der Waals surface area contributed by atoms with Crippen LogP contribution in [0.3, 0.4) is 0 Å². The summed E-state index contributed by atoms with van der Waals surface area (Å²) >= 11 is 0. The first kappa shape index (κ1) is 14.5. The Hall–Kier alpha value is -0.900. The van der Waals surface area contributed by atoms with Crippen LogP contribution in [0.1, 0.15) is 43.4 Å². The van der Waals surface area contributed by atoms with Gasteiger partial charge in [-0.15, -0.1) is 0 Å². The third-order valence-corrected chi connectivity index (χ3v) is 4.05. The number of benzene rings is 1. The van der Waals surface area contributed by atoms with Gasteiger partial charge in [-0.25, -0.2) is 0 Å². The highest BCUT2D eigenvalue weighted by molar-refractivity contribution is 5.26. The van der Waals surface area contributed by atoms with E-state index in [2.05, 4.69) is 43.0 Å². The Morgan fingerprint density at radius 3 is 2.42 bits per heavy atom. The molecule has 19 heavy (non-hydrogen) atoms. The van der Waals surface area contributed by atoms with E-state index in [-0.39, 0.29) is 6.04 Å². The second kappa shape index (κ2) is 6.51. The van der Waals surface area contributed by atoms with Crippen molar-refractivity contribution in [1.82, 2.24) is 4.90 Å². The monoisotopic (exact) mass is 262 g/mol. The van der Waals surface area contributed by atoms with E-state index in [1.165, 1.54) is 11.1 Å². The molecule has 3 nitrogen and oxygen atoms in total. The van der Waals surface area contributed by atoms with E-state index in [0.29, 0.717) is 12.0 Å². The second-order valence-electron chi connectivity index (χ2n) is 5.83. The van der Waals surface area contributed by atoms with Crippen LogP contribution in [0, 0.1) is 0 Å². The van der Waals surface area contributed by atoms with Crippen LogP contribution in [0.25, 0.3) is 0 Å². The Balaban J connectivity index is 1.91. The summed E-state index contributed by atoms with van der Waals surface area (Å²) in [6.45, 7) is 7.44. The van der Waals surface area contributed by atoms with Crippen molar-refractivity contribution in [3.8, 4) is 0 Å². The highest BCUT2D eigenvalue weighted by atomic mass is 16.5. The predicted octanol–water partition coefficient (Wildman–Crippen LogP) is 2.53. The number of hydrogen-bond donors (Lipinski definition) is 1. The molecule has 1 aromatic rings. The predicted molar refractivity (Wildman–Crippen MR) is 79.3 cm³/mol. The van der Waals surface area contributed by atoms with Gasteiger partial charge >= 0.3 is 0 Å². The molecule has 0 aromatic heterocycles. The van der Waals surface area contributed by atoms with Gasteiger partial charge < -0.3 is 10.5 Å². The summed E-state index contributed by atoms with van der Waals surface area (Å²) in [5.41, 5.74) is 8.90. The molecule has 2 unspecified atom stereocenters. The minimum atomic E-state index is 0.0943. The molecule has 1 saturated heterocycles. The van der Waals surface area contributed by atoms with Crippen molar-refractivity contribution in [1.29, 1.82) is 0 Å². The fourth-order valence-electron chi connectivity index (χ4n) is 2.67. The second-order valence-corrected chi connectivity index (χ2v) is 5.83. The van der Waals surface area contributed by atoms with Crippen LogP contribution in [0.15, 0.2) is 24.3 Å². The molecule has 1 fully saturated rings. The molecule has 1 heterocycles. The first-order valence-electron chi connectivity index (χ1n) is 7.20. The number of nitrogens with zero attached hydrogens (tertiary/aromatic N) is 1. The van der Waals surface area contributed by atoms with E-state index in [1.54, 1.807) is 7.11 Å². The van der Waals surface area contributed by atoms with E-state index in [1.807, 2.05) is 0 Å². The number of rotatable bonds is 5. The lowest BCUT2D eigenvalue weighted by molar-refractivity contribution is 0.107. The minimum Gasteiger partial charge on any atom is -0.380 e. The Morgan fingerprint density at radius 1 is 1.26 bits per heavy atom. The van der Waals surface area contributed by atoms with Crippen molar-refractivity contribution >= 4 is 0 Å². The summed E-state index contributed by atoms with van der Waals surface area (Å²) in [7, 11) is 1.79. The maximum Gasteiger partial charge on any atom is 0.0710 e. The van der Waals surface area contributed by atoms with Crippen LogP contribution in [-0.2, 0) is 4.74 Å². The maximum absolute atomic E-state index is 6.31. The summed E-state index contributed by atoms with van der Waals surface area (Å²) in [6.07, 6.45) is 1.51. The Labute approximate surface area is 116 Å². The molecule has 2 rings (SSSR count). The van der Waals surface area contributed by atoms with Gasteiger partial charge in [0.1, 0.15) is 0 Å². The van der Waals surface area contributed by atoms with E-state index in [0.717, 1.165) is 26.1 Å². The topological polar surface area (TPSA) is 38.5 Å². The van der Waals surface area contributed by atoms with Crippen LogP contribution in [0.2, 0.25) is 0 Å². The van der Waals surface area contributed by atoms with Gasteiger partial charge in [0.05, 0.1) is 6.10 Å². The number of nitrogens with two attached hydrogens (primary N) is 1. The lowest BCUT2D eigenvalue weighted by Gasteiger charge is -2.21. The highest BCUT2D eigenvalue weighted by Gasteiger charge is 2.23. The number of ether oxygens (including phenoxy) is 1. The van der Waals surface area contributed by atoms with E-state index in [9.17, 15) is 0 Å². The lowest BCUT2D eigenvalue weighted by atomic mass is 9.99. The Morgan fingerprint density at radius 2 is 1.89 bits per heavy atom. The SMILES string of the molecule is COC1CCN(CC(N)c2ccc(C(C)C)cc2)C1. The molecule has 0 amide bonds. The van der Waals surface area contributed by atoms with Crippen molar-refractivity contribution in [3.63, 3.8) is 0 Å². The van der Waals surface area contributed by atoms with Crippen LogP contribution in [0.4, 0.5) is 0 Å². The summed E-state index contributed by atoms with van der Waals surface area (Å²) < 4.78 is 5.39. The fourth-order valence-corrected chi connectivity index (χ4v) is 2.67. The molecule has 2 atom stereocenters. The number of likely N-dealkylation sites (tertiary alicyclic amines) is 1. The number of methoxy groups -OCH3 is 1. The van der Waals surface area contributed by atoms with Gasteiger partial charge in [-0.05, 0) is 23.5 Å². The smallest absolute Gasteiger partial charge is 0.0710 e. The van der Waals surface area contributed by atoms with Gasteiger partial charge in [-0.2, -0.15) is 0 Å². The minimum absolute atomic E-state index is 0.0943. The molecule has 1 aromatic carbocycles. The Bertz CT molecular complexity index is 388. The van der Waals surface area contributed by atoms with Crippen molar-refractivity contribution in [2.75, 3.05) is 26.7 Å². The van der Waals surface area contributed by atoms with Crippen LogP contribution in [0.5, 0.6) is 0 Å². The normalized spacial score (nSPS) is 22.1. The number of hydrogen-bond acceptors (Lipinski definition) is 3. The van der Waals surface area contributed by atoms with E-state index >= 15 is 0 Å². The fraction of sp³-hybridized carbons (Fsp3) is 0.625. The molecule has 0 spiro atoms. The average molecular weight is 262 g/mol. The van der Waals surface area contributed by atoms with Gasteiger partial charge in [0, 0.05) is 32.8 Å². The summed E-state index contributed by atoms with van der Waals surface area (Å²) in [5.74, 6) is 0.575. The lowest BCUT2D eigenvalue weighted by Crippen LogP contribution is -2.31. The maximum atomic E-state index is 6.31. The largest absolute Gasteiger partial charge is 0.380 e. The van der Waals surface area contributed by atoms with Crippen LogP contribution >= 0.6 is 0 Å². The van der Waals surface area contributed by atoms with Gasteiger partial charge in [0.15, 0.2) is 0 Å². The zero-order valence-electron chi connectivity index (χ0n) is 12.3. The van der Waals surface area contributed by atoms with E-state index < -0.39 is 0 Å². The molecule has 1 aliphatic heterocycles. The summed E-state index contributed by atoms with van der Waals surface area (Å²) in [6, 6.07) is 8.83. The van der Waals surface area contributed by atoms with Crippen LogP contribution < -0.4 is 5.73 Å². The highest BCUT2D eigenvalue weighted by Crippen LogP contribution is 2.20. The van der Waals surface area contributed by atoms with Crippen molar-refractivity contribution in [3.05, 3.63) is 35.4 Å². The zero-order chi connectivity index (χ0) is 13.8. The molecule has 0 radical (unpaired) electrons. The molecule has 0 aliphatic carbocycles. The average Bonchev–Trinajstić information content (AvgIpc) is 2.86. The summed E-state index contributed by atoms with van der Waals surface area (Å²) in [4.78, 5) is 2.40.